The van der Waals surface area contributed by atoms with Crippen LogP contribution in [0.4, 0.5) is 0 Å². The predicted octanol–water partition coefficient (Wildman–Crippen LogP) is 2.25. The van der Waals surface area contributed by atoms with Gasteiger partial charge in [-0.3, -0.25) is 0 Å². The predicted molar refractivity (Wildman–Crippen MR) is 61.4 cm³/mol. The van der Waals surface area contributed by atoms with Gasteiger partial charge in [-0.05, 0) is 36.0 Å². The topological polar surface area (TPSA) is 44.5 Å². The van der Waals surface area contributed by atoms with E-state index < -0.39 is 0 Å². The Balaban J connectivity index is 1.91. The van der Waals surface area contributed by atoms with Crippen LogP contribution in [0.2, 0.25) is 0 Å². The lowest BCUT2D eigenvalue weighted by Crippen LogP contribution is -2.23. The van der Waals surface area contributed by atoms with Crippen molar-refractivity contribution in [1.29, 1.82) is 0 Å². The molecule has 1 heterocycles. The van der Waals surface area contributed by atoms with Crippen LogP contribution < -0.4 is 15.2 Å². The summed E-state index contributed by atoms with van der Waals surface area (Å²) < 4.78 is 10.7. The van der Waals surface area contributed by atoms with Crippen molar-refractivity contribution in [3.63, 3.8) is 0 Å². The molecule has 1 saturated carbocycles. The molecule has 3 heteroatoms. The lowest BCUT2D eigenvalue weighted by Gasteiger charge is -2.14. The summed E-state index contributed by atoms with van der Waals surface area (Å²) in [6.45, 7) is 4.78. The van der Waals surface area contributed by atoms with Crippen LogP contribution in [0.1, 0.15) is 25.8 Å². The molecule has 0 aromatic heterocycles. The van der Waals surface area contributed by atoms with Crippen molar-refractivity contribution in [2.24, 2.45) is 17.6 Å². The maximum absolute atomic E-state index is 6.41. The van der Waals surface area contributed by atoms with Gasteiger partial charge in [-0.25, -0.2) is 0 Å². The van der Waals surface area contributed by atoms with Crippen molar-refractivity contribution >= 4 is 0 Å². The number of ether oxygens (including phenoxy) is 2. The molecule has 0 radical (unpaired) electrons. The van der Waals surface area contributed by atoms with Crippen LogP contribution in [0.5, 0.6) is 11.5 Å². The van der Waals surface area contributed by atoms with Crippen LogP contribution in [0, 0.1) is 11.8 Å². The summed E-state index contributed by atoms with van der Waals surface area (Å²) in [7, 11) is 0. The SMILES string of the molecule is CC(C)C1CC1(N)c1ccc2c(c1)OCO2. The lowest BCUT2D eigenvalue weighted by atomic mass is 9.97. The van der Waals surface area contributed by atoms with Gasteiger partial charge >= 0.3 is 0 Å². The molecule has 0 saturated heterocycles. The third-order valence-electron chi connectivity index (χ3n) is 3.77. The monoisotopic (exact) mass is 219 g/mol. The molecule has 1 aliphatic carbocycles. The Kier molecular flexibility index (Phi) is 1.96. The number of fused-ring (bicyclic) bond motifs is 1. The Hall–Kier alpha value is -1.22. The largest absolute Gasteiger partial charge is 0.454 e. The second kappa shape index (κ2) is 3.14. The van der Waals surface area contributed by atoms with E-state index in [0.29, 0.717) is 18.6 Å². The number of rotatable bonds is 2. The van der Waals surface area contributed by atoms with E-state index >= 15 is 0 Å². The van der Waals surface area contributed by atoms with Gasteiger partial charge < -0.3 is 15.2 Å². The van der Waals surface area contributed by atoms with Crippen molar-refractivity contribution in [2.75, 3.05) is 6.79 Å². The molecular formula is C13H17NO2. The highest BCUT2D eigenvalue weighted by molar-refractivity contribution is 5.48. The van der Waals surface area contributed by atoms with Gasteiger partial charge in [0, 0.05) is 5.54 Å². The summed E-state index contributed by atoms with van der Waals surface area (Å²) in [5.41, 5.74) is 7.44. The van der Waals surface area contributed by atoms with Crippen molar-refractivity contribution < 1.29 is 9.47 Å². The molecule has 16 heavy (non-hydrogen) atoms. The van der Waals surface area contributed by atoms with E-state index in [1.165, 1.54) is 5.56 Å². The van der Waals surface area contributed by atoms with Crippen LogP contribution in [0.15, 0.2) is 18.2 Å². The molecule has 0 bridgehead atoms. The third kappa shape index (κ3) is 1.31. The Labute approximate surface area is 95.5 Å². The number of benzene rings is 1. The molecule has 2 atom stereocenters. The van der Waals surface area contributed by atoms with Crippen LogP contribution in [0.25, 0.3) is 0 Å². The molecule has 1 aromatic carbocycles. The van der Waals surface area contributed by atoms with Gasteiger partial charge in [-0.2, -0.15) is 0 Å². The molecule has 2 N–H and O–H groups in total. The summed E-state index contributed by atoms with van der Waals surface area (Å²) in [5, 5.41) is 0. The minimum atomic E-state index is -0.144. The smallest absolute Gasteiger partial charge is 0.231 e. The molecule has 3 rings (SSSR count). The first-order valence-corrected chi connectivity index (χ1v) is 5.80. The van der Waals surface area contributed by atoms with Crippen LogP contribution in [-0.2, 0) is 5.54 Å². The average molecular weight is 219 g/mol. The summed E-state index contributed by atoms with van der Waals surface area (Å²) in [6, 6.07) is 6.06. The molecule has 1 aliphatic heterocycles. The van der Waals surface area contributed by atoms with Crippen LogP contribution in [-0.4, -0.2) is 6.79 Å². The molecule has 3 nitrogen and oxygen atoms in total. The summed E-state index contributed by atoms with van der Waals surface area (Å²) >= 11 is 0. The van der Waals surface area contributed by atoms with E-state index in [2.05, 4.69) is 19.9 Å². The molecular weight excluding hydrogens is 202 g/mol. The fourth-order valence-corrected chi connectivity index (χ4v) is 2.65. The summed E-state index contributed by atoms with van der Waals surface area (Å²) in [4.78, 5) is 0. The fourth-order valence-electron chi connectivity index (χ4n) is 2.65. The molecule has 2 unspecified atom stereocenters. The maximum Gasteiger partial charge on any atom is 0.231 e. The Morgan fingerprint density at radius 2 is 2.06 bits per heavy atom. The first-order chi connectivity index (χ1) is 7.61. The van der Waals surface area contributed by atoms with Crippen LogP contribution in [0.3, 0.4) is 0 Å². The van der Waals surface area contributed by atoms with Crippen molar-refractivity contribution in [3.8, 4) is 11.5 Å². The highest BCUT2D eigenvalue weighted by Crippen LogP contribution is 2.54. The average Bonchev–Trinajstić information content (AvgIpc) is 2.75. The molecule has 0 spiro atoms. The minimum absolute atomic E-state index is 0.144. The van der Waals surface area contributed by atoms with Gasteiger partial charge in [-0.1, -0.05) is 19.9 Å². The Bertz CT molecular complexity index is 430. The minimum Gasteiger partial charge on any atom is -0.454 e. The quantitative estimate of drug-likeness (QED) is 0.829. The Morgan fingerprint density at radius 3 is 2.75 bits per heavy atom. The zero-order valence-corrected chi connectivity index (χ0v) is 9.69. The van der Waals surface area contributed by atoms with E-state index in [-0.39, 0.29) is 5.54 Å². The van der Waals surface area contributed by atoms with Gasteiger partial charge in [0.15, 0.2) is 11.5 Å². The Morgan fingerprint density at radius 1 is 1.31 bits per heavy atom. The van der Waals surface area contributed by atoms with Crippen molar-refractivity contribution in [3.05, 3.63) is 23.8 Å². The molecule has 2 aliphatic rings. The molecule has 1 aromatic rings. The highest BCUT2D eigenvalue weighted by atomic mass is 16.7. The van der Waals surface area contributed by atoms with Gasteiger partial charge in [0.2, 0.25) is 6.79 Å². The number of hydrogen-bond donors (Lipinski definition) is 1. The summed E-state index contributed by atoms with van der Waals surface area (Å²) in [6.07, 6.45) is 1.07. The van der Waals surface area contributed by atoms with E-state index in [9.17, 15) is 0 Å². The van der Waals surface area contributed by atoms with Gasteiger partial charge in [0.1, 0.15) is 0 Å². The standard InChI is InChI=1S/C13H17NO2/c1-8(2)10-6-13(10,14)9-3-4-11-12(5-9)16-7-15-11/h3-5,8,10H,6-7,14H2,1-2H3. The van der Waals surface area contributed by atoms with E-state index in [1.807, 2.05) is 12.1 Å². The number of nitrogens with two attached hydrogens (primary N) is 1. The second-order valence-electron chi connectivity index (χ2n) is 5.16. The molecule has 0 amide bonds. The second-order valence-corrected chi connectivity index (χ2v) is 5.16. The molecule has 1 fully saturated rings. The van der Waals surface area contributed by atoms with E-state index in [4.69, 9.17) is 15.2 Å². The zero-order valence-electron chi connectivity index (χ0n) is 9.69. The van der Waals surface area contributed by atoms with Crippen LogP contribution >= 0.6 is 0 Å². The third-order valence-corrected chi connectivity index (χ3v) is 3.77. The first-order valence-electron chi connectivity index (χ1n) is 5.80. The lowest BCUT2D eigenvalue weighted by molar-refractivity contribution is 0.174. The van der Waals surface area contributed by atoms with Gasteiger partial charge in [0.25, 0.3) is 0 Å². The van der Waals surface area contributed by atoms with Crippen molar-refractivity contribution in [2.45, 2.75) is 25.8 Å². The van der Waals surface area contributed by atoms with Crippen molar-refractivity contribution in [1.82, 2.24) is 0 Å². The van der Waals surface area contributed by atoms with E-state index in [0.717, 1.165) is 17.9 Å². The highest BCUT2D eigenvalue weighted by Gasteiger charge is 2.53. The molecule has 86 valence electrons. The van der Waals surface area contributed by atoms with Gasteiger partial charge in [-0.15, -0.1) is 0 Å². The fraction of sp³-hybridized carbons (Fsp3) is 0.538. The van der Waals surface area contributed by atoms with E-state index in [1.54, 1.807) is 0 Å². The normalized spacial score (nSPS) is 30.9. The zero-order chi connectivity index (χ0) is 11.3. The first kappa shape index (κ1) is 9.97. The summed E-state index contributed by atoms with van der Waals surface area (Å²) in [5.74, 6) is 2.88. The van der Waals surface area contributed by atoms with Gasteiger partial charge in [0.05, 0.1) is 0 Å². The number of hydrogen-bond acceptors (Lipinski definition) is 3. The maximum atomic E-state index is 6.41.